The maximum atomic E-state index is 10.5. The lowest BCUT2D eigenvalue weighted by molar-refractivity contribution is -0.156. The first-order valence-corrected chi connectivity index (χ1v) is 4.59. The van der Waals surface area contributed by atoms with Crippen molar-refractivity contribution in [3.63, 3.8) is 0 Å². The van der Waals surface area contributed by atoms with E-state index in [1.807, 2.05) is 6.92 Å². The number of aliphatic carboxylic acids is 1. The van der Waals surface area contributed by atoms with E-state index in [4.69, 9.17) is 5.11 Å². The Morgan fingerprint density at radius 3 is 2.54 bits per heavy atom. The third-order valence-electron chi connectivity index (χ3n) is 1.98. The summed E-state index contributed by atoms with van der Waals surface area (Å²) in [5.74, 6) is -1.19. The summed E-state index contributed by atoms with van der Waals surface area (Å²) < 4.78 is 0. The topological polar surface area (TPSA) is 69.6 Å². The maximum Gasteiger partial charge on any atom is 0.336 e. The van der Waals surface area contributed by atoms with Crippen molar-refractivity contribution >= 4 is 5.97 Å². The molecule has 0 heterocycles. The van der Waals surface area contributed by atoms with Gasteiger partial charge in [0, 0.05) is 12.6 Å². The SMILES string of the molecule is CCCC(C)NCC(C)(O)C(=O)O. The van der Waals surface area contributed by atoms with Gasteiger partial charge in [0.05, 0.1) is 0 Å². The van der Waals surface area contributed by atoms with E-state index in [9.17, 15) is 9.90 Å². The minimum Gasteiger partial charge on any atom is -0.479 e. The van der Waals surface area contributed by atoms with Gasteiger partial charge in [0.25, 0.3) is 0 Å². The number of hydrogen-bond donors (Lipinski definition) is 3. The number of nitrogens with one attached hydrogen (secondary N) is 1. The van der Waals surface area contributed by atoms with Crippen LogP contribution >= 0.6 is 0 Å². The second-order valence-corrected chi connectivity index (χ2v) is 3.65. The normalized spacial score (nSPS) is 17.8. The first-order valence-electron chi connectivity index (χ1n) is 4.59. The Hall–Kier alpha value is -0.610. The van der Waals surface area contributed by atoms with Crippen molar-refractivity contribution in [3.8, 4) is 0 Å². The molecule has 0 rings (SSSR count). The van der Waals surface area contributed by atoms with Crippen LogP contribution in [-0.2, 0) is 4.79 Å². The van der Waals surface area contributed by atoms with E-state index >= 15 is 0 Å². The molecule has 0 saturated heterocycles. The van der Waals surface area contributed by atoms with Gasteiger partial charge in [-0.1, -0.05) is 13.3 Å². The van der Waals surface area contributed by atoms with E-state index in [0.717, 1.165) is 12.8 Å². The molecule has 0 aromatic carbocycles. The molecule has 0 fully saturated rings. The number of hydrogen-bond acceptors (Lipinski definition) is 3. The van der Waals surface area contributed by atoms with Gasteiger partial charge < -0.3 is 15.5 Å². The summed E-state index contributed by atoms with van der Waals surface area (Å²) in [5, 5.41) is 20.9. The van der Waals surface area contributed by atoms with Crippen molar-refractivity contribution in [1.29, 1.82) is 0 Å². The molecule has 3 N–H and O–H groups in total. The summed E-state index contributed by atoms with van der Waals surface area (Å²) in [5.41, 5.74) is -1.66. The highest BCUT2D eigenvalue weighted by Crippen LogP contribution is 2.03. The zero-order valence-corrected chi connectivity index (χ0v) is 8.50. The number of carboxylic acids is 1. The summed E-state index contributed by atoms with van der Waals surface area (Å²) >= 11 is 0. The maximum absolute atomic E-state index is 10.5. The fourth-order valence-electron chi connectivity index (χ4n) is 0.984. The molecule has 0 aliphatic carbocycles. The fourth-order valence-corrected chi connectivity index (χ4v) is 0.984. The molecule has 0 amide bonds. The van der Waals surface area contributed by atoms with Gasteiger partial charge in [-0.15, -0.1) is 0 Å². The predicted molar refractivity (Wildman–Crippen MR) is 50.6 cm³/mol. The largest absolute Gasteiger partial charge is 0.479 e. The van der Waals surface area contributed by atoms with Crippen LogP contribution in [0.1, 0.15) is 33.6 Å². The second kappa shape index (κ2) is 5.19. The van der Waals surface area contributed by atoms with Crippen LogP contribution in [0.4, 0.5) is 0 Å². The van der Waals surface area contributed by atoms with Gasteiger partial charge in [0.15, 0.2) is 5.60 Å². The van der Waals surface area contributed by atoms with Crippen molar-refractivity contribution in [2.75, 3.05) is 6.54 Å². The molecule has 0 aromatic heterocycles. The van der Waals surface area contributed by atoms with Gasteiger partial charge in [0.2, 0.25) is 0 Å². The molecule has 2 unspecified atom stereocenters. The minimum atomic E-state index is -1.66. The third-order valence-corrected chi connectivity index (χ3v) is 1.98. The van der Waals surface area contributed by atoms with Crippen LogP contribution in [0, 0.1) is 0 Å². The van der Waals surface area contributed by atoms with Crippen LogP contribution in [0.25, 0.3) is 0 Å². The van der Waals surface area contributed by atoms with Crippen molar-refractivity contribution in [2.24, 2.45) is 0 Å². The molecule has 0 aromatic rings. The van der Waals surface area contributed by atoms with Crippen molar-refractivity contribution < 1.29 is 15.0 Å². The Labute approximate surface area is 79.0 Å². The highest BCUT2D eigenvalue weighted by Gasteiger charge is 2.29. The second-order valence-electron chi connectivity index (χ2n) is 3.65. The van der Waals surface area contributed by atoms with Gasteiger partial charge in [-0.3, -0.25) is 0 Å². The van der Waals surface area contributed by atoms with E-state index in [2.05, 4.69) is 12.2 Å². The van der Waals surface area contributed by atoms with Crippen molar-refractivity contribution in [2.45, 2.75) is 45.3 Å². The Morgan fingerprint density at radius 2 is 2.15 bits per heavy atom. The average Bonchev–Trinajstić information content (AvgIpc) is 2.01. The Morgan fingerprint density at radius 1 is 1.62 bits per heavy atom. The summed E-state index contributed by atoms with van der Waals surface area (Å²) in [7, 11) is 0. The predicted octanol–water partition coefficient (Wildman–Crippen LogP) is 0.600. The Bertz CT molecular complexity index is 168. The molecule has 13 heavy (non-hydrogen) atoms. The number of aliphatic hydroxyl groups is 1. The first-order chi connectivity index (χ1) is 5.90. The molecular formula is C9H19NO3. The third kappa shape index (κ3) is 4.85. The van der Waals surface area contributed by atoms with Crippen LogP contribution in [-0.4, -0.2) is 34.4 Å². The lowest BCUT2D eigenvalue weighted by atomic mass is 10.1. The van der Waals surface area contributed by atoms with Gasteiger partial charge >= 0.3 is 5.97 Å². The van der Waals surface area contributed by atoms with Gasteiger partial charge in [-0.25, -0.2) is 4.79 Å². The van der Waals surface area contributed by atoms with Crippen molar-refractivity contribution in [1.82, 2.24) is 5.32 Å². The van der Waals surface area contributed by atoms with Crippen LogP contribution in [0.5, 0.6) is 0 Å². The molecule has 78 valence electrons. The molecule has 2 atom stereocenters. The van der Waals surface area contributed by atoms with Crippen LogP contribution in [0.3, 0.4) is 0 Å². The van der Waals surface area contributed by atoms with Crippen LogP contribution in [0.2, 0.25) is 0 Å². The molecular weight excluding hydrogens is 170 g/mol. The van der Waals surface area contributed by atoms with E-state index in [1.165, 1.54) is 6.92 Å². The van der Waals surface area contributed by atoms with E-state index < -0.39 is 11.6 Å². The van der Waals surface area contributed by atoms with Crippen LogP contribution < -0.4 is 5.32 Å². The molecule has 0 aliphatic rings. The zero-order valence-electron chi connectivity index (χ0n) is 8.50. The lowest BCUT2D eigenvalue weighted by Crippen LogP contribution is -2.47. The number of carboxylic acid groups (broad SMARTS) is 1. The number of carbonyl (C=O) groups is 1. The molecule has 4 nitrogen and oxygen atoms in total. The summed E-state index contributed by atoms with van der Waals surface area (Å²) in [6.07, 6.45) is 2.03. The van der Waals surface area contributed by atoms with Crippen LogP contribution in [0.15, 0.2) is 0 Å². The Kier molecular flexibility index (Phi) is 4.95. The molecule has 0 saturated carbocycles. The molecule has 0 aliphatic heterocycles. The van der Waals surface area contributed by atoms with Crippen molar-refractivity contribution in [3.05, 3.63) is 0 Å². The average molecular weight is 189 g/mol. The fraction of sp³-hybridized carbons (Fsp3) is 0.889. The van der Waals surface area contributed by atoms with E-state index in [0.29, 0.717) is 0 Å². The van der Waals surface area contributed by atoms with E-state index in [-0.39, 0.29) is 12.6 Å². The monoisotopic (exact) mass is 189 g/mol. The summed E-state index contributed by atoms with van der Waals surface area (Å²) in [4.78, 5) is 10.5. The van der Waals surface area contributed by atoms with E-state index in [1.54, 1.807) is 0 Å². The highest BCUT2D eigenvalue weighted by atomic mass is 16.4. The smallest absolute Gasteiger partial charge is 0.336 e. The van der Waals surface area contributed by atoms with Gasteiger partial charge in [-0.05, 0) is 20.3 Å². The lowest BCUT2D eigenvalue weighted by Gasteiger charge is -2.21. The molecule has 0 bridgehead atoms. The van der Waals surface area contributed by atoms with Gasteiger partial charge in [0.1, 0.15) is 0 Å². The minimum absolute atomic E-state index is 0.0868. The zero-order chi connectivity index (χ0) is 10.5. The molecule has 0 spiro atoms. The molecule has 4 heteroatoms. The van der Waals surface area contributed by atoms with Gasteiger partial charge in [-0.2, -0.15) is 0 Å². The quantitative estimate of drug-likeness (QED) is 0.572. The number of rotatable bonds is 6. The summed E-state index contributed by atoms with van der Waals surface area (Å²) in [6, 6.07) is 0.246. The summed E-state index contributed by atoms with van der Waals surface area (Å²) in [6.45, 7) is 5.42. The Balaban J connectivity index is 3.80. The highest BCUT2D eigenvalue weighted by molar-refractivity contribution is 5.76. The standard InChI is InChI=1S/C9H19NO3/c1-4-5-7(2)10-6-9(3,13)8(11)12/h7,10,13H,4-6H2,1-3H3,(H,11,12). The first kappa shape index (κ1) is 12.4. The molecule has 0 radical (unpaired) electrons.